The summed E-state index contributed by atoms with van der Waals surface area (Å²) in [5, 5.41) is 12.8. The van der Waals surface area contributed by atoms with Gasteiger partial charge in [-0.3, -0.25) is 19.9 Å². The van der Waals surface area contributed by atoms with Crippen molar-refractivity contribution in [2.24, 2.45) is 5.92 Å². The minimum absolute atomic E-state index is 0.0757. The molecule has 3 N–H and O–H groups in total. The summed E-state index contributed by atoms with van der Waals surface area (Å²) in [5.74, 6) is 0.582. The largest absolute Gasteiger partial charge is 0.353 e. The molecule has 7 nitrogen and oxygen atoms in total. The normalized spacial score (nSPS) is 14.6. The SMILES string of the molecule is O=C(CC1CCCCC1)Nc1cncc(-c2ccc3[nH]nc(-c4cc5cnccc5[nH]4)c3c2)c1. The molecule has 0 spiro atoms. The van der Waals surface area contributed by atoms with Gasteiger partial charge in [0.05, 0.1) is 23.1 Å². The number of aromatic amines is 2. The van der Waals surface area contributed by atoms with E-state index in [0.29, 0.717) is 12.3 Å². The number of H-pyrrole nitrogens is 2. The van der Waals surface area contributed by atoms with Gasteiger partial charge in [-0.25, -0.2) is 0 Å². The first-order valence-electron chi connectivity index (χ1n) is 11.9. The van der Waals surface area contributed by atoms with E-state index in [1.807, 2.05) is 36.7 Å². The first kappa shape index (κ1) is 20.6. The summed E-state index contributed by atoms with van der Waals surface area (Å²) < 4.78 is 0. The molecular weight excluding hydrogens is 424 g/mol. The third-order valence-corrected chi connectivity index (χ3v) is 6.79. The molecule has 1 saturated carbocycles. The summed E-state index contributed by atoms with van der Waals surface area (Å²) in [7, 11) is 0. The quantitative estimate of drug-likeness (QED) is 0.302. The number of hydrogen-bond acceptors (Lipinski definition) is 4. The van der Waals surface area contributed by atoms with Gasteiger partial charge in [-0.05, 0) is 54.7 Å². The van der Waals surface area contributed by atoms with E-state index in [-0.39, 0.29) is 5.91 Å². The Hall–Kier alpha value is -4.00. The average Bonchev–Trinajstić information content (AvgIpc) is 3.48. The van der Waals surface area contributed by atoms with Gasteiger partial charge < -0.3 is 10.3 Å². The maximum absolute atomic E-state index is 12.6. The second kappa shape index (κ2) is 8.74. The van der Waals surface area contributed by atoms with E-state index in [1.54, 1.807) is 12.4 Å². The Labute approximate surface area is 197 Å². The highest BCUT2D eigenvalue weighted by molar-refractivity contribution is 5.98. The molecule has 0 atom stereocenters. The number of nitrogens with one attached hydrogen (secondary N) is 3. The van der Waals surface area contributed by atoms with Crippen molar-refractivity contribution in [3.05, 3.63) is 61.2 Å². The Morgan fingerprint density at radius 2 is 1.85 bits per heavy atom. The molecule has 34 heavy (non-hydrogen) atoms. The maximum Gasteiger partial charge on any atom is 0.224 e. The molecule has 1 aromatic carbocycles. The highest BCUT2D eigenvalue weighted by Crippen LogP contribution is 2.32. The Morgan fingerprint density at radius 1 is 0.941 bits per heavy atom. The van der Waals surface area contributed by atoms with Gasteiger partial charge in [-0.1, -0.05) is 25.3 Å². The Bertz CT molecular complexity index is 1440. The van der Waals surface area contributed by atoms with E-state index < -0.39 is 0 Å². The van der Waals surface area contributed by atoms with Crippen LogP contribution in [0.3, 0.4) is 0 Å². The maximum atomic E-state index is 12.6. The lowest BCUT2D eigenvalue weighted by molar-refractivity contribution is -0.117. The summed E-state index contributed by atoms with van der Waals surface area (Å²) in [6.07, 6.45) is 13.8. The van der Waals surface area contributed by atoms with Crippen LogP contribution in [0, 0.1) is 5.92 Å². The van der Waals surface area contributed by atoms with Crippen molar-refractivity contribution in [3.63, 3.8) is 0 Å². The van der Waals surface area contributed by atoms with Gasteiger partial charge in [0.25, 0.3) is 0 Å². The third-order valence-electron chi connectivity index (χ3n) is 6.79. The van der Waals surface area contributed by atoms with Crippen molar-refractivity contribution >= 4 is 33.4 Å². The van der Waals surface area contributed by atoms with E-state index in [4.69, 9.17) is 0 Å². The van der Waals surface area contributed by atoms with E-state index in [1.165, 1.54) is 19.3 Å². The van der Waals surface area contributed by atoms with Crippen LogP contribution in [-0.2, 0) is 4.79 Å². The second-order valence-electron chi connectivity index (χ2n) is 9.20. The van der Waals surface area contributed by atoms with Crippen molar-refractivity contribution < 1.29 is 4.79 Å². The van der Waals surface area contributed by atoms with Gasteiger partial charge in [0.15, 0.2) is 0 Å². The minimum Gasteiger partial charge on any atom is -0.353 e. The molecule has 0 bridgehead atoms. The number of amides is 1. The molecule has 4 aromatic heterocycles. The summed E-state index contributed by atoms with van der Waals surface area (Å²) in [6.45, 7) is 0. The summed E-state index contributed by atoms with van der Waals surface area (Å²) in [6, 6.07) is 12.2. The van der Waals surface area contributed by atoms with Crippen LogP contribution in [0.5, 0.6) is 0 Å². The molecule has 0 unspecified atom stereocenters. The minimum atomic E-state index is 0.0757. The molecule has 1 fully saturated rings. The summed E-state index contributed by atoms with van der Waals surface area (Å²) >= 11 is 0. The van der Waals surface area contributed by atoms with Crippen LogP contribution >= 0.6 is 0 Å². The summed E-state index contributed by atoms with van der Waals surface area (Å²) in [5.41, 5.74) is 6.48. The molecule has 7 heteroatoms. The molecule has 5 aromatic rings. The topological polar surface area (TPSA) is 99.3 Å². The number of carbonyl (C=O) groups excluding carboxylic acids is 1. The third kappa shape index (κ3) is 4.05. The van der Waals surface area contributed by atoms with Crippen molar-refractivity contribution in [1.82, 2.24) is 25.1 Å². The van der Waals surface area contributed by atoms with Crippen LogP contribution in [0.25, 0.3) is 44.3 Å². The number of benzene rings is 1. The lowest BCUT2D eigenvalue weighted by Gasteiger charge is -2.20. The smallest absolute Gasteiger partial charge is 0.224 e. The predicted octanol–water partition coefficient (Wildman–Crippen LogP) is 6.08. The van der Waals surface area contributed by atoms with Crippen LogP contribution in [-0.4, -0.2) is 31.1 Å². The van der Waals surface area contributed by atoms with Crippen molar-refractivity contribution in [2.45, 2.75) is 38.5 Å². The zero-order valence-corrected chi connectivity index (χ0v) is 18.8. The zero-order valence-electron chi connectivity index (χ0n) is 18.8. The van der Waals surface area contributed by atoms with Gasteiger partial charge in [-0.15, -0.1) is 0 Å². The Morgan fingerprint density at radius 3 is 2.74 bits per heavy atom. The van der Waals surface area contributed by atoms with E-state index in [9.17, 15) is 4.79 Å². The fraction of sp³-hybridized carbons (Fsp3) is 0.259. The monoisotopic (exact) mass is 450 g/mol. The first-order chi connectivity index (χ1) is 16.7. The van der Waals surface area contributed by atoms with E-state index >= 15 is 0 Å². The molecule has 0 radical (unpaired) electrons. The van der Waals surface area contributed by atoms with Crippen molar-refractivity contribution in [2.75, 3.05) is 5.32 Å². The van der Waals surface area contributed by atoms with Crippen molar-refractivity contribution in [3.8, 4) is 22.5 Å². The lowest BCUT2D eigenvalue weighted by Crippen LogP contribution is -2.18. The Balaban J connectivity index is 1.27. The number of aromatic nitrogens is 5. The van der Waals surface area contributed by atoms with Gasteiger partial charge >= 0.3 is 0 Å². The molecule has 1 aliphatic carbocycles. The van der Waals surface area contributed by atoms with Crippen LogP contribution in [0.4, 0.5) is 5.69 Å². The summed E-state index contributed by atoms with van der Waals surface area (Å²) in [4.78, 5) is 24.6. The lowest BCUT2D eigenvalue weighted by atomic mass is 9.87. The number of anilines is 1. The highest BCUT2D eigenvalue weighted by atomic mass is 16.1. The zero-order chi connectivity index (χ0) is 22.9. The molecular formula is C27H26N6O. The van der Waals surface area contributed by atoms with Crippen LogP contribution in [0.1, 0.15) is 38.5 Å². The number of fused-ring (bicyclic) bond motifs is 2. The highest BCUT2D eigenvalue weighted by Gasteiger charge is 2.17. The number of nitrogens with zero attached hydrogens (tertiary/aromatic N) is 3. The Kier molecular flexibility index (Phi) is 5.30. The van der Waals surface area contributed by atoms with E-state index in [0.717, 1.165) is 62.8 Å². The standard InChI is InChI=1S/C27H26N6O/c34-26(10-17-4-2-1-3-5-17)30-21-11-19(14-29-16-21)18-6-7-24-22(12-18)27(33-32-24)25-13-20-15-28-9-8-23(20)31-25/h6-9,11-17,31H,1-5,10H2,(H,30,34)(H,32,33). The number of pyridine rings is 2. The van der Waals surface area contributed by atoms with Crippen LogP contribution in [0.15, 0.2) is 61.2 Å². The average molecular weight is 451 g/mol. The van der Waals surface area contributed by atoms with Gasteiger partial charge in [0.1, 0.15) is 5.69 Å². The van der Waals surface area contributed by atoms with Gasteiger partial charge in [0.2, 0.25) is 5.91 Å². The number of rotatable bonds is 5. The van der Waals surface area contributed by atoms with Crippen LogP contribution in [0.2, 0.25) is 0 Å². The van der Waals surface area contributed by atoms with Crippen molar-refractivity contribution in [1.29, 1.82) is 0 Å². The first-order valence-corrected chi connectivity index (χ1v) is 11.9. The molecule has 0 aliphatic heterocycles. The predicted molar refractivity (Wildman–Crippen MR) is 134 cm³/mol. The molecule has 1 aliphatic rings. The number of hydrogen-bond donors (Lipinski definition) is 3. The molecule has 4 heterocycles. The fourth-order valence-corrected chi connectivity index (χ4v) is 5.03. The molecule has 0 saturated heterocycles. The molecule has 6 rings (SSSR count). The van der Waals surface area contributed by atoms with E-state index in [2.05, 4.69) is 42.6 Å². The molecule has 1 amide bonds. The second-order valence-corrected chi connectivity index (χ2v) is 9.20. The molecule has 170 valence electrons. The van der Waals surface area contributed by atoms with Gasteiger partial charge in [-0.2, -0.15) is 5.10 Å². The van der Waals surface area contributed by atoms with Gasteiger partial charge in [0, 0.05) is 46.9 Å². The number of carbonyl (C=O) groups is 1. The van der Waals surface area contributed by atoms with Crippen LogP contribution < -0.4 is 5.32 Å². The fourth-order valence-electron chi connectivity index (χ4n) is 5.03.